The second-order valence-electron chi connectivity index (χ2n) is 5.67. The first-order valence-electron chi connectivity index (χ1n) is 7.93. The fourth-order valence-electron chi connectivity index (χ4n) is 2.49. The van der Waals surface area contributed by atoms with Gasteiger partial charge in [-0.1, -0.05) is 18.2 Å². The molecule has 138 valence electrons. The Labute approximate surface area is 157 Å². The first kappa shape index (κ1) is 18.5. The van der Waals surface area contributed by atoms with Gasteiger partial charge in [-0.15, -0.1) is 11.3 Å². The summed E-state index contributed by atoms with van der Waals surface area (Å²) in [6, 6.07) is 12.7. The quantitative estimate of drug-likeness (QED) is 0.354. The molecule has 0 aliphatic heterocycles. The molecule has 1 unspecified atom stereocenters. The lowest BCUT2D eigenvalue weighted by Crippen LogP contribution is -2.37. The van der Waals surface area contributed by atoms with E-state index in [1.54, 1.807) is 0 Å². The molecule has 0 saturated carbocycles. The molecule has 9 heteroatoms. The molecule has 0 aliphatic carbocycles. The number of carbonyl (C=O) groups is 2. The molecule has 0 spiro atoms. The van der Waals surface area contributed by atoms with Crippen molar-refractivity contribution in [3.63, 3.8) is 0 Å². The molecule has 3 N–H and O–H groups in total. The van der Waals surface area contributed by atoms with Crippen LogP contribution in [0.3, 0.4) is 0 Å². The average molecular weight is 385 g/mol. The van der Waals surface area contributed by atoms with Crippen molar-refractivity contribution in [1.82, 2.24) is 5.32 Å². The van der Waals surface area contributed by atoms with Crippen LogP contribution >= 0.6 is 11.3 Å². The first-order valence-corrected chi connectivity index (χ1v) is 8.81. The highest BCUT2D eigenvalue weighted by Crippen LogP contribution is 2.29. The van der Waals surface area contributed by atoms with E-state index in [0.717, 1.165) is 10.1 Å². The number of non-ortho nitro benzene ring substituents is 1. The van der Waals surface area contributed by atoms with Crippen molar-refractivity contribution in [2.75, 3.05) is 11.9 Å². The highest BCUT2D eigenvalue weighted by atomic mass is 32.1. The Morgan fingerprint density at radius 3 is 2.52 bits per heavy atom. The number of benzene rings is 2. The third-order valence-corrected chi connectivity index (χ3v) is 4.85. The predicted molar refractivity (Wildman–Crippen MR) is 102 cm³/mol. The zero-order valence-corrected chi connectivity index (χ0v) is 14.7. The van der Waals surface area contributed by atoms with Gasteiger partial charge in [-0.3, -0.25) is 19.7 Å². The van der Waals surface area contributed by atoms with Crippen molar-refractivity contribution >= 4 is 44.6 Å². The monoisotopic (exact) mass is 385 g/mol. The second-order valence-corrected chi connectivity index (χ2v) is 6.58. The van der Waals surface area contributed by atoms with Gasteiger partial charge in [0.1, 0.15) is 0 Å². The molecule has 1 atom stereocenters. The van der Waals surface area contributed by atoms with Crippen LogP contribution in [0.15, 0.2) is 53.9 Å². The summed E-state index contributed by atoms with van der Waals surface area (Å²) in [6.45, 7) is -0.118. The maximum Gasteiger partial charge on any atom is 0.313 e. The Balaban J connectivity index is 1.56. The van der Waals surface area contributed by atoms with Gasteiger partial charge in [0.05, 0.1) is 11.0 Å². The zero-order chi connectivity index (χ0) is 19.4. The molecule has 0 bridgehead atoms. The number of nitro groups is 1. The number of nitro benzene ring substituents is 1. The molecular formula is C18H15N3O5S. The number of nitrogens with zero attached hydrogens (tertiary/aromatic N) is 1. The van der Waals surface area contributed by atoms with E-state index in [0.29, 0.717) is 5.56 Å². The smallest absolute Gasteiger partial charge is 0.313 e. The molecule has 0 aliphatic rings. The summed E-state index contributed by atoms with van der Waals surface area (Å²) < 4.78 is 1.02. The lowest BCUT2D eigenvalue weighted by Gasteiger charge is -2.11. The van der Waals surface area contributed by atoms with Crippen LogP contribution in [0, 0.1) is 10.1 Å². The van der Waals surface area contributed by atoms with Gasteiger partial charge in [-0.2, -0.15) is 0 Å². The molecule has 2 amide bonds. The van der Waals surface area contributed by atoms with Crippen LogP contribution in [0.2, 0.25) is 0 Å². The van der Waals surface area contributed by atoms with Crippen molar-refractivity contribution in [2.45, 2.75) is 6.10 Å². The molecule has 1 aromatic heterocycles. The Bertz CT molecular complexity index is 1000. The topological polar surface area (TPSA) is 122 Å². The third kappa shape index (κ3) is 4.27. The fraction of sp³-hybridized carbons (Fsp3) is 0.111. The molecule has 0 radical (unpaired) electrons. The van der Waals surface area contributed by atoms with E-state index in [1.165, 1.54) is 35.6 Å². The average Bonchev–Trinajstić information content (AvgIpc) is 3.10. The van der Waals surface area contributed by atoms with E-state index in [1.807, 2.05) is 29.6 Å². The van der Waals surface area contributed by atoms with Crippen LogP contribution in [0.4, 0.5) is 11.4 Å². The van der Waals surface area contributed by atoms with Crippen LogP contribution < -0.4 is 10.6 Å². The number of aliphatic hydroxyl groups is 1. The zero-order valence-electron chi connectivity index (χ0n) is 13.9. The van der Waals surface area contributed by atoms with Gasteiger partial charge in [0, 0.05) is 34.6 Å². The molecular weight excluding hydrogens is 370 g/mol. The van der Waals surface area contributed by atoms with E-state index in [-0.39, 0.29) is 17.9 Å². The fourth-order valence-corrected chi connectivity index (χ4v) is 3.50. The number of carbonyl (C=O) groups excluding carboxylic acids is 2. The summed E-state index contributed by atoms with van der Waals surface area (Å²) >= 11 is 1.49. The number of aliphatic hydroxyl groups excluding tert-OH is 1. The Hall–Kier alpha value is -3.30. The van der Waals surface area contributed by atoms with Gasteiger partial charge in [-0.25, -0.2) is 0 Å². The number of nitrogens with one attached hydrogen (secondary N) is 2. The maximum absolute atomic E-state index is 11.9. The molecule has 27 heavy (non-hydrogen) atoms. The van der Waals surface area contributed by atoms with Crippen LogP contribution in [0.1, 0.15) is 11.7 Å². The molecule has 0 fully saturated rings. The van der Waals surface area contributed by atoms with Gasteiger partial charge < -0.3 is 15.7 Å². The number of amides is 2. The lowest BCUT2D eigenvalue weighted by molar-refractivity contribution is -0.384. The summed E-state index contributed by atoms with van der Waals surface area (Å²) in [5.74, 6) is -1.84. The van der Waals surface area contributed by atoms with Crippen LogP contribution in [-0.2, 0) is 9.59 Å². The largest absolute Gasteiger partial charge is 0.387 e. The molecule has 0 saturated heterocycles. The Morgan fingerprint density at radius 2 is 1.81 bits per heavy atom. The van der Waals surface area contributed by atoms with Crippen LogP contribution in [0.25, 0.3) is 10.1 Å². The van der Waals surface area contributed by atoms with Crippen molar-refractivity contribution in [3.05, 3.63) is 69.6 Å². The molecule has 8 nitrogen and oxygen atoms in total. The van der Waals surface area contributed by atoms with Crippen LogP contribution in [-0.4, -0.2) is 28.4 Å². The van der Waals surface area contributed by atoms with Crippen molar-refractivity contribution < 1.29 is 19.6 Å². The Kier molecular flexibility index (Phi) is 5.43. The minimum Gasteiger partial charge on any atom is -0.387 e. The summed E-state index contributed by atoms with van der Waals surface area (Å²) in [7, 11) is 0. The van der Waals surface area contributed by atoms with Crippen molar-refractivity contribution in [3.8, 4) is 0 Å². The van der Waals surface area contributed by atoms with E-state index in [4.69, 9.17) is 0 Å². The standard InChI is InChI=1S/C18H15N3O5S/c22-15(14-10-27-16-4-2-1-3-13(14)16)9-19-17(23)18(24)20-11-5-7-12(8-6-11)21(25)26/h1-8,10,15,22H,9H2,(H,19,23)(H,20,24). The summed E-state index contributed by atoms with van der Waals surface area (Å²) in [5.41, 5.74) is 0.820. The number of fused-ring (bicyclic) bond motifs is 1. The van der Waals surface area contributed by atoms with Gasteiger partial charge in [0.15, 0.2) is 0 Å². The summed E-state index contributed by atoms with van der Waals surface area (Å²) in [5, 5.41) is 28.4. The van der Waals surface area contributed by atoms with Crippen molar-refractivity contribution in [1.29, 1.82) is 0 Å². The predicted octanol–water partition coefficient (Wildman–Crippen LogP) is 2.60. The van der Waals surface area contributed by atoms with E-state index in [2.05, 4.69) is 10.6 Å². The minimum atomic E-state index is -0.947. The summed E-state index contributed by atoms with van der Waals surface area (Å²) in [6.07, 6.45) is -0.947. The Morgan fingerprint density at radius 1 is 1.11 bits per heavy atom. The number of rotatable bonds is 5. The molecule has 3 aromatic rings. The first-order chi connectivity index (χ1) is 13.0. The van der Waals surface area contributed by atoms with Gasteiger partial charge in [0.2, 0.25) is 0 Å². The third-order valence-electron chi connectivity index (χ3n) is 3.87. The molecule has 3 rings (SSSR count). The number of anilines is 1. The maximum atomic E-state index is 11.9. The normalized spacial score (nSPS) is 11.7. The van der Waals surface area contributed by atoms with Gasteiger partial charge in [0.25, 0.3) is 5.69 Å². The highest BCUT2D eigenvalue weighted by molar-refractivity contribution is 7.17. The van der Waals surface area contributed by atoms with E-state index >= 15 is 0 Å². The molecule has 1 heterocycles. The lowest BCUT2D eigenvalue weighted by atomic mass is 10.1. The SMILES string of the molecule is O=C(NCC(O)c1csc2ccccc12)C(=O)Nc1ccc([N+](=O)[O-])cc1. The summed E-state index contributed by atoms with van der Waals surface area (Å²) in [4.78, 5) is 33.9. The highest BCUT2D eigenvalue weighted by Gasteiger charge is 2.18. The van der Waals surface area contributed by atoms with Gasteiger partial charge >= 0.3 is 11.8 Å². The van der Waals surface area contributed by atoms with Gasteiger partial charge in [-0.05, 0) is 29.0 Å². The number of thiophene rings is 1. The van der Waals surface area contributed by atoms with Crippen molar-refractivity contribution in [2.24, 2.45) is 0 Å². The number of hydrogen-bond acceptors (Lipinski definition) is 6. The van der Waals surface area contributed by atoms with E-state index in [9.17, 15) is 24.8 Å². The van der Waals surface area contributed by atoms with Crippen LogP contribution in [0.5, 0.6) is 0 Å². The second kappa shape index (κ2) is 7.94. The molecule has 2 aromatic carbocycles. The number of hydrogen-bond donors (Lipinski definition) is 3. The minimum absolute atomic E-state index is 0.118. The van der Waals surface area contributed by atoms with E-state index < -0.39 is 22.8 Å².